The second-order valence-electron chi connectivity index (χ2n) is 9.43. The Morgan fingerprint density at radius 2 is 1.58 bits per heavy atom. The van der Waals surface area contributed by atoms with Gasteiger partial charge in [0.2, 0.25) is 0 Å². The average Bonchev–Trinajstić information content (AvgIpc) is 3.21. The summed E-state index contributed by atoms with van der Waals surface area (Å²) in [6.45, 7) is 4.45. The lowest BCUT2D eigenvalue weighted by atomic mass is 9.78. The highest BCUT2D eigenvalue weighted by atomic mass is 19.4. The quantitative estimate of drug-likeness (QED) is 0.322. The zero-order valence-electron chi connectivity index (χ0n) is 17.4. The zero-order chi connectivity index (χ0) is 25.3. The number of aliphatic carboxylic acids is 1. The topological polar surface area (TPSA) is 119 Å². The minimum atomic E-state index is -6.37. The molecule has 3 fully saturated rings. The van der Waals surface area contributed by atoms with Crippen LogP contribution in [0.2, 0.25) is 0 Å². The van der Waals surface area contributed by atoms with Gasteiger partial charge < -0.3 is 24.1 Å². The molecule has 186 valence electrons. The first-order valence-corrected chi connectivity index (χ1v) is 9.79. The van der Waals surface area contributed by atoms with Crippen molar-refractivity contribution in [3.63, 3.8) is 0 Å². The number of carbonyl (C=O) groups excluding carboxylic acids is 4. The third kappa shape index (κ3) is 3.90. The van der Waals surface area contributed by atoms with Crippen LogP contribution in [0.4, 0.5) is 26.3 Å². The molecule has 3 aliphatic rings. The van der Waals surface area contributed by atoms with E-state index in [1.54, 1.807) is 0 Å². The van der Waals surface area contributed by atoms with Gasteiger partial charge in [0.25, 0.3) is 0 Å². The van der Waals surface area contributed by atoms with Crippen molar-refractivity contribution in [3.05, 3.63) is 0 Å². The third-order valence-electron chi connectivity index (χ3n) is 6.26. The predicted molar refractivity (Wildman–Crippen MR) is 88.3 cm³/mol. The van der Waals surface area contributed by atoms with Crippen molar-refractivity contribution in [1.82, 2.24) is 0 Å². The van der Waals surface area contributed by atoms with Gasteiger partial charge in [0, 0.05) is 24.2 Å². The number of alkyl halides is 6. The number of carboxylic acid groups (broad SMARTS) is 1. The molecule has 1 saturated heterocycles. The molecule has 0 spiro atoms. The smallest absolute Gasteiger partial charge is 0.437 e. The third-order valence-corrected chi connectivity index (χ3v) is 6.26. The molecule has 6 atom stereocenters. The number of hydrogen-bond acceptors (Lipinski definition) is 8. The van der Waals surface area contributed by atoms with Crippen LogP contribution in [0.15, 0.2) is 0 Å². The van der Waals surface area contributed by atoms with E-state index in [1.807, 2.05) is 0 Å². The van der Waals surface area contributed by atoms with Gasteiger partial charge >= 0.3 is 35.9 Å². The minimum absolute atomic E-state index is 0.0472. The molecule has 3 rings (SSSR count). The average molecular weight is 489 g/mol. The summed E-state index contributed by atoms with van der Waals surface area (Å²) in [4.78, 5) is 48.0. The molecule has 33 heavy (non-hydrogen) atoms. The second kappa shape index (κ2) is 7.49. The lowest BCUT2D eigenvalue weighted by Gasteiger charge is -2.39. The Morgan fingerprint density at radius 3 is 2.03 bits per heavy atom. The molecular formula is C19H19F6O8-. The molecule has 2 bridgehead atoms. The predicted octanol–water partition coefficient (Wildman–Crippen LogP) is 1.30. The van der Waals surface area contributed by atoms with E-state index in [1.165, 1.54) is 20.8 Å². The maximum absolute atomic E-state index is 13.5. The van der Waals surface area contributed by atoms with Crippen LogP contribution in [0.25, 0.3) is 0 Å². The molecule has 0 aromatic heterocycles. The fourth-order valence-electron chi connectivity index (χ4n) is 4.73. The monoisotopic (exact) mass is 489 g/mol. The highest BCUT2D eigenvalue weighted by Gasteiger charge is 2.76. The van der Waals surface area contributed by atoms with E-state index in [2.05, 4.69) is 4.74 Å². The number of hydrogen-bond donors (Lipinski definition) is 0. The maximum Gasteiger partial charge on any atom is 0.437 e. The van der Waals surface area contributed by atoms with Crippen LogP contribution < -0.4 is 5.11 Å². The van der Waals surface area contributed by atoms with E-state index < -0.39 is 89.5 Å². The van der Waals surface area contributed by atoms with Gasteiger partial charge in [-0.2, -0.15) is 26.3 Å². The maximum atomic E-state index is 13.5. The van der Waals surface area contributed by atoms with Gasteiger partial charge in [-0.1, -0.05) is 0 Å². The molecule has 0 aromatic carbocycles. The molecule has 1 aliphatic heterocycles. The van der Waals surface area contributed by atoms with Crippen LogP contribution in [0.1, 0.15) is 33.6 Å². The van der Waals surface area contributed by atoms with Gasteiger partial charge in [-0.3, -0.25) is 14.4 Å². The molecule has 0 radical (unpaired) electrons. The number of carboxylic acids is 1. The van der Waals surface area contributed by atoms with Gasteiger partial charge in [0.1, 0.15) is 12.2 Å². The fourth-order valence-corrected chi connectivity index (χ4v) is 4.73. The van der Waals surface area contributed by atoms with E-state index in [9.17, 15) is 50.6 Å². The van der Waals surface area contributed by atoms with Crippen molar-refractivity contribution in [2.24, 2.45) is 29.1 Å². The van der Waals surface area contributed by atoms with Crippen LogP contribution in [0.5, 0.6) is 0 Å². The fraction of sp³-hybridized carbons (Fsp3) is 0.789. The molecule has 14 heteroatoms. The number of carbonyl (C=O) groups is 4. The SMILES string of the molecule is CC(C)(C)C(=O)OC1C2CC3C1OC(=O)C3C2C(=O)OC(CC(=O)[O-])(C(F)(F)F)C(F)(F)F. The molecule has 6 unspecified atom stereocenters. The Labute approximate surface area is 182 Å². The summed E-state index contributed by atoms with van der Waals surface area (Å²) in [5.74, 6) is -11.9. The standard InChI is InChI=1S/C19H20F6O8/c1-16(2,3)15(30)32-12-7-4-6-9(13(28)31-11(6)12)10(7)14(29)33-17(5-8(26)27,18(20,21)22)19(23,24)25/h6-7,9-12H,4-5H2,1-3H3,(H,26,27)/p-1. The molecule has 1 heterocycles. The Bertz CT molecular complexity index is 859. The molecular weight excluding hydrogens is 470 g/mol. The second-order valence-corrected chi connectivity index (χ2v) is 9.43. The normalized spacial score (nSPS) is 31.4. The first kappa shape index (κ1) is 25.1. The molecule has 2 aliphatic carbocycles. The Hall–Kier alpha value is -2.54. The van der Waals surface area contributed by atoms with Crippen molar-refractivity contribution >= 4 is 23.9 Å². The number of esters is 3. The van der Waals surface area contributed by atoms with Crippen molar-refractivity contribution in [2.75, 3.05) is 0 Å². The van der Waals surface area contributed by atoms with Crippen molar-refractivity contribution in [1.29, 1.82) is 0 Å². The van der Waals surface area contributed by atoms with Crippen LogP contribution in [0, 0.1) is 29.1 Å². The van der Waals surface area contributed by atoms with Gasteiger partial charge in [0.05, 0.1) is 17.3 Å². The number of halogens is 6. The molecule has 8 nitrogen and oxygen atoms in total. The van der Waals surface area contributed by atoms with E-state index in [4.69, 9.17) is 9.47 Å². The number of rotatable bonds is 5. The van der Waals surface area contributed by atoms with Gasteiger partial charge in [-0.25, -0.2) is 0 Å². The van der Waals surface area contributed by atoms with E-state index >= 15 is 0 Å². The lowest BCUT2D eigenvalue weighted by molar-refractivity contribution is -0.382. The van der Waals surface area contributed by atoms with Crippen molar-refractivity contribution in [3.8, 4) is 0 Å². The summed E-state index contributed by atoms with van der Waals surface area (Å²) in [5.41, 5.74) is -6.44. The molecule has 2 saturated carbocycles. The molecule has 0 amide bonds. The Balaban J connectivity index is 1.96. The summed E-state index contributed by atoms with van der Waals surface area (Å²) in [6.07, 6.45) is -17.8. The molecule has 0 aromatic rings. The van der Waals surface area contributed by atoms with Crippen molar-refractivity contribution < 1.29 is 64.8 Å². The lowest BCUT2D eigenvalue weighted by Crippen LogP contribution is -2.62. The van der Waals surface area contributed by atoms with Crippen LogP contribution in [0.3, 0.4) is 0 Å². The largest absolute Gasteiger partial charge is 0.550 e. The first-order chi connectivity index (χ1) is 14.8. The Morgan fingerprint density at radius 1 is 1.03 bits per heavy atom. The van der Waals surface area contributed by atoms with Crippen LogP contribution >= 0.6 is 0 Å². The number of fused-ring (bicyclic) bond motifs is 1. The first-order valence-electron chi connectivity index (χ1n) is 9.79. The highest BCUT2D eigenvalue weighted by molar-refractivity contribution is 5.87. The van der Waals surface area contributed by atoms with E-state index in [0.717, 1.165) is 0 Å². The minimum Gasteiger partial charge on any atom is -0.550 e. The van der Waals surface area contributed by atoms with E-state index in [0.29, 0.717) is 0 Å². The van der Waals surface area contributed by atoms with Gasteiger partial charge in [-0.15, -0.1) is 0 Å². The van der Waals surface area contributed by atoms with Gasteiger partial charge in [-0.05, 0) is 27.2 Å². The van der Waals surface area contributed by atoms with Crippen LogP contribution in [-0.4, -0.2) is 54.0 Å². The summed E-state index contributed by atoms with van der Waals surface area (Å²) in [5, 5.41) is 10.8. The summed E-state index contributed by atoms with van der Waals surface area (Å²) in [6, 6.07) is 0. The van der Waals surface area contributed by atoms with E-state index in [-0.39, 0.29) is 6.42 Å². The summed E-state index contributed by atoms with van der Waals surface area (Å²) >= 11 is 0. The van der Waals surface area contributed by atoms with Crippen LogP contribution in [-0.2, 0) is 33.4 Å². The van der Waals surface area contributed by atoms with Crippen molar-refractivity contribution in [2.45, 2.75) is 63.8 Å². The Kier molecular flexibility index (Phi) is 5.69. The zero-order valence-corrected chi connectivity index (χ0v) is 17.4. The highest BCUT2D eigenvalue weighted by Crippen LogP contribution is 2.60. The number of ether oxygens (including phenoxy) is 3. The molecule has 0 N–H and O–H groups in total. The summed E-state index contributed by atoms with van der Waals surface area (Å²) < 4.78 is 95.1. The summed E-state index contributed by atoms with van der Waals surface area (Å²) in [7, 11) is 0. The van der Waals surface area contributed by atoms with Gasteiger partial charge in [0.15, 0.2) is 0 Å².